The maximum atomic E-state index is 10.5. The summed E-state index contributed by atoms with van der Waals surface area (Å²) in [6.07, 6.45) is -4.21. The lowest BCUT2D eigenvalue weighted by molar-refractivity contribution is -0.250. The molecular formula is C21H23NO6S. The van der Waals surface area contributed by atoms with Crippen LogP contribution in [0.3, 0.4) is 0 Å². The van der Waals surface area contributed by atoms with Gasteiger partial charge in [0.1, 0.15) is 30.2 Å². The smallest absolute Gasteiger partial charge is 0.163 e. The van der Waals surface area contributed by atoms with Gasteiger partial charge in [0.25, 0.3) is 0 Å². The molecule has 1 aliphatic heterocycles. The van der Waals surface area contributed by atoms with E-state index in [0.29, 0.717) is 0 Å². The van der Waals surface area contributed by atoms with Crippen molar-refractivity contribution in [2.75, 3.05) is 13.7 Å². The molecule has 0 unspecified atom stereocenters. The molecule has 8 heteroatoms. The monoisotopic (exact) mass is 417 g/mol. The fraction of sp³-hybridized carbons (Fsp3) is 0.333. The van der Waals surface area contributed by atoms with E-state index in [4.69, 9.17) is 9.47 Å². The van der Waals surface area contributed by atoms with Crippen LogP contribution in [0.25, 0.3) is 10.9 Å². The summed E-state index contributed by atoms with van der Waals surface area (Å²) >= 11 is 1.56. The van der Waals surface area contributed by atoms with Crippen LogP contribution >= 0.6 is 11.8 Å². The molecule has 29 heavy (non-hydrogen) atoms. The number of hydrogen-bond donors (Lipinski definition) is 4. The Kier molecular flexibility index (Phi) is 5.82. The van der Waals surface area contributed by atoms with Gasteiger partial charge in [-0.2, -0.15) is 0 Å². The highest BCUT2D eigenvalue weighted by Crippen LogP contribution is 2.39. The molecule has 0 aliphatic carbocycles. The predicted molar refractivity (Wildman–Crippen MR) is 108 cm³/mol. The Morgan fingerprint density at radius 1 is 1.00 bits per heavy atom. The van der Waals surface area contributed by atoms with E-state index >= 15 is 0 Å². The number of rotatable bonds is 5. The minimum atomic E-state index is -1.43. The van der Waals surface area contributed by atoms with Gasteiger partial charge in [-0.05, 0) is 30.3 Å². The molecule has 0 amide bonds. The zero-order valence-corrected chi connectivity index (χ0v) is 16.6. The second kappa shape index (κ2) is 8.35. The van der Waals surface area contributed by atoms with Crippen molar-refractivity contribution < 1.29 is 29.9 Å². The molecule has 1 aliphatic rings. The number of ether oxygens (including phenoxy) is 2. The first-order chi connectivity index (χ1) is 14.0. The SMILES string of the molecule is COc1ccc(Sc2cn([C@@H]3O[C@H](CO)[C@@H](O)[C@H](O)[C@H]3O)c3ccccc23)cc1. The summed E-state index contributed by atoms with van der Waals surface area (Å²) < 4.78 is 12.7. The Hall–Kier alpha value is -2.07. The highest BCUT2D eigenvalue weighted by atomic mass is 32.2. The van der Waals surface area contributed by atoms with Gasteiger partial charge in [0, 0.05) is 21.4 Å². The summed E-state index contributed by atoms with van der Waals surface area (Å²) in [5, 5.41) is 41.2. The van der Waals surface area contributed by atoms with E-state index in [0.717, 1.165) is 26.4 Å². The standard InChI is InChI=1S/C21H23NO6S/c1-27-12-6-8-13(9-7-12)29-17-10-22(15-5-3-2-4-14(15)17)21-20(26)19(25)18(24)16(11-23)28-21/h2-10,16,18-21,23-26H,11H2,1H3/t16-,18-,19+,20-,21-/m1/s1. The van der Waals surface area contributed by atoms with Crippen molar-refractivity contribution in [1.82, 2.24) is 4.57 Å². The molecule has 0 radical (unpaired) electrons. The van der Waals surface area contributed by atoms with Crippen molar-refractivity contribution in [3.8, 4) is 5.75 Å². The normalized spacial score (nSPS) is 27.3. The average Bonchev–Trinajstić information content (AvgIpc) is 3.11. The van der Waals surface area contributed by atoms with Gasteiger partial charge >= 0.3 is 0 Å². The van der Waals surface area contributed by atoms with E-state index in [1.807, 2.05) is 54.7 Å². The fourth-order valence-electron chi connectivity index (χ4n) is 3.55. The average molecular weight is 417 g/mol. The van der Waals surface area contributed by atoms with Crippen LogP contribution < -0.4 is 4.74 Å². The lowest BCUT2D eigenvalue weighted by atomic mass is 9.98. The molecule has 154 valence electrons. The zero-order valence-electron chi connectivity index (χ0n) is 15.8. The molecule has 1 fully saturated rings. The van der Waals surface area contributed by atoms with Crippen LogP contribution in [0.1, 0.15) is 6.23 Å². The molecule has 4 N–H and O–H groups in total. The van der Waals surface area contributed by atoms with E-state index in [1.165, 1.54) is 0 Å². The first kappa shape index (κ1) is 20.2. The van der Waals surface area contributed by atoms with Gasteiger partial charge in [-0.3, -0.25) is 0 Å². The third-order valence-electron chi connectivity index (χ3n) is 5.13. The number of benzene rings is 2. The summed E-state index contributed by atoms with van der Waals surface area (Å²) in [7, 11) is 1.62. The number of hydrogen-bond acceptors (Lipinski definition) is 7. The Bertz CT molecular complexity index is 973. The van der Waals surface area contributed by atoms with Gasteiger partial charge in [-0.15, -0.1) is 0 Å². The van der Waals surface area contributed by atoms with Gasteiger partial charge in [0.2, 0.25) is 0 Å². The van der Waals surface area contributed by atoms with Gasteiger partial charge in [0.15, 0.2) is 6.23 Å². The molecule has 1 saturated heterocycles. The van der Waals surface area contributed by atoms with Gasteiger partial charge in [-0.1, -0.05) is 30.0 Å². The van der Waals surface area contributed by atoms with Crippen molar-refractivity contribution in [1.29, 1.82) is 0 Å². The second-order valence-electron chi connectivity index (χ2n) is 6.91. The topological polar surface area (TPSA) is 104 Å². The fourth-order valence-corrected chi connectivity index (χ4v) is 4.52. The lowest BCUT2D eigenvalue weighted by Crippen LogP contribution is -2.56. The van der Waals surface area contributed by atoms with E-state index in [2.05, 4.69) is 0 Å². The van der Waals surface area contributed by atoms with Crippen molar-refractivity contribution in [3.63, 3.8) is 0 Å². The van der Waals surface area contributed by atoms with Crippen molar-refractivity contribution >= 4 is 22.7 Å². The van der Waals surface area contributed by atoms with Crippen LogP contribution in [0.5, 0.6) is 5.75 Å². The van der Waals surface area contributed by atoms with Crippen LogP contribution in [-0.2, 0) is 4.74 Å². The van der Waals surface area contributed by atoms with Crippen LogP contribution in [0.15, 0.2) is 64.5 Å². The molecule has 5 atom stereocenters. The molecule has 0 saturated carbocycles. The van der Waals surface area contributed by atoms with Crippen molar-refractivity contribution in [2.45, 2.75) is 40.4 Å². The van der Waals surface area contributed by atoms with Crippen LogP contribution in [0.2, 0.25) is 0 Å². The highest BCUT2D eigenvalue weighted by Gasteiger charge is 2.44. The molecule has 2 heterocycles. The van der Waals surface area contributed by atoms with Crippen LogP contribution in [-0.4, -0.2) is 63.1 Å². The van der Waals surface area contributed by atoms with Gasteiger partial charge in [0.05, 0.1) is 19.2 Å². The Morgan fingerprint density at radius 3 is 2.41 bits per heavy atom. The number of nitrogens with zero attached hydrogens (tertiary/aromatic N) is 1. The summed E-state index contributed by atoms with van der Waals surface area (Å²) in [6, 6.07) is 15.4. The first-order valence-corrected chi connectivity index (χ1v) is 10.1. The maximum Gasteiger partial charge on any atom is 0.163 e. The summed E-state index contributed by atoms with van der Waals surface area (Å²) in [5.74, 6) is 0.776. The number of para-hydroxylation sites is 1. The molecule has 1 aromatic heterocycles. The Labute approximate surface area is 172 Å². The zero-order chi connectivity index (χ0) is 20.5. The largest absolute Gasteiger partial charge is 0.497 e. The third kappa shape index (κ3) is 3.75. The van der Waals surface area contributed by atoms with Crippen LogP contribution in [0, 0.1) is 0 Å². The van der Waals surface area contributed by atoms with Gasteiger partial charge < -0.3 is 34.5 Å². The maximum absolute atomic E-state index is 10.5. The molecule has 7 nitrogen and oxygen atoms in total. The minimum absolute atomic E-state index is 0.464. The van der Waals surface area contributed by atoms with Crippen LogP contribution in [0.4, 0.5) is 0 Å². The molecule has 2 aromatic carbocycles. The van der Waals surface area contributed by atoms with Crippen molar-refractivity contribution in [3.05, 3.63) is 54.7 Å². The lowest BCUT2D eigenvalue weighted by Gasteiger charge is -2.40. The summed E-state index contributed by atoms with van der Waals surface area (Å²) in [4.78, 5) is 1.96. The number of aromatic nitrogens is 1. The van der Waals surface area contributed by atoms with E-state index in [1.54, 1.807) is 23.4 Å². The molecule has 3 aromatic rings. The molecular weight excluding hydrogens is 394 g/mol. The Morgan fingerprint density at radius 2 is 1.72 bits per heavy atom. The number of methoxy groups -OCH3 is 1. The Balaban J connectivity index is 1.72. The summed E-state index contributed by atoms with van der Waals surface area (Å²) in [5.41, 5.74) is 0.813. The van der Waals surface area contributed by atoms with E-state index in [-0.39, 0.29) is 0 Å². The van der Waals surface area contributed by atoms with E-state index in [9.17, 15) is 20.4 Å². The quantitative estimate of drug-likeness (QED) is 0.502. The van der Waals surface area contributed by atoms with Gasteiger partial charge in [-0.25, -0.2) is 0 Å². The minimum Gasteiger partial charge on any atom is -0.497 e. The first-order valence-electron chi connectivity index (χ1n) is 9.25. The highest BCUT2D eigenvalue weighted by molar-refractivity contribution is 7.99. The number of aliphatic hydroxyl groups excluding tert-OH is 4. The summed E-state index contributed by atoms with van der Waals surface area (Å²) in [6.45, 7) is -0.464. The van der Waals surface area contributed by atoms with E-state index < -0.39 is 37.3 Å². The predicted octanol–water partition coefficient (Wildman–Crippen LogP) is 1.77. The number of aliphatic hydroxyl groups is 4. The van der Waals surface area contributed by atoms with Crippen molar-refractivity contribution in [2.24, 2.45) is 0 Å². The number of fused-ring (bicyclic) bond motifs is 1. The molecule has 0 bridgehead atoms. The third-order valence-corrected chi connectivity index (χ3v) is 6.19. The molecule has 0 spiro atoms. The second-order valence-corrected chi connectivity index (χ2v) is 8.03. The molecule has 4 rings (SSSR count).